The van der Waals surface area contributed by atoms with Crippen LogP contribution in [0.5, 0.6) is 0 Å². The van der Waals surface area contributed by atoms with Crippen molar-refractivity contribution in [1.82, 2.24) is 4.98 Å². The first-order chi connectivity index (χ1) is 11.0. The van der Waals surface area contributed by atoms with E-state index in [2.05, 4.69) is 10.3 Å². The quantitative estimate of drug-likeness (QED) is 0.797. The molecule has 5 heteroatoms. The van der Waals surface area contributed by atoms with Gasteiger partial charge >= 0.3 is 0 Å². The summed E-state index contributed by atoms with van der Waals surface area (Å²) in [7, 11) is 0. The molecule has 0 aliphatic rings. The summed E-state index contributed by atoms with van der Waals surface area (Å²) in [5.74, 6) is -1.02. The number of hydrogen-bond donors (Lipinski definition) is 1. The molecule has 0 bridgehead atoms. The van der Waals surface area contributed by atoms with Crippen LogP contribution >= 0.6 is 0 Å². The van der Waals surface area contributed by atoms with Crippen LogP contribution in [-0.4, -0.2) is 22.5 Å². The van der Waals surface area contributed by atoms with Gasteiger partial charge in [0.25, 0.3) is 0 Å². The molecule has 120 valence electrons. The van der Waals surface area contributed by atoms with Crippen LogP contribution in [0.15, 0.2) is 36.5 Å². The highest BCUT2D eigenvalue weighted by atomic mass is 16.2. The van der Waals surface area contributed by atoms with Crippen LogP contribution < -0.4 is 5.32 Å². The molecule has 1 aromatic heterocycles. The fourth-order valence-corrected chi connectivity index (χ4v) is 2.58. The van der Waals surface area contributed by atoms with Crippen LogP contribution in [0.4, 0.5) is 5.69 Å². The molecule has 0 atom stereocenters. The average Bonchev–Trinajstić information content (AvgIpc) is 2.51. The maximum absolute atomic E-state index is 12.1. The first kappa shape index (κ1) is 16.8. The molecule has 1 heterocycles. The minimum Gasteiger partial charge on any atom is -0.324 e. The SMILES string of the molecule is CC(=O)C(CCCC(=O)Nc1cccc2cccnc12)C(C)=O. The Morgan fingerprint density at radius 3 is 2.48 bits per heavy atom. The van der Waals surface area contributed by atoms with Gasteiger partial charge in [0.05, 0.1) is 17.1 Å². The monoisotopic (exact) mass is 312 g/mol. The van der Waals surface area contributed by atoms with E-state index in [1.165, 1.54) is 13.8 Å². The molecule has 0 saturated carbocycles. The van der Waals surface area contributed by atoms with Crippen LogP contribution in [0.25, 0.3) is 10.9 Å². The Morgan fingerprint density at radius 1 is 1.09 bits per heavy atom. The number of carbonyl (C=O) groups excluding carboxylic acids is 3. The molecule has 1 aromatic carbocycles. The van der Waals surface area contributed by atoms with E-state index in [0.29, 0.717) is 18.5 Å². The number of benzene rings is 1. The van der Waals surface area contributed by atoms with Gasteiger partial charge in [0, 0.05) is 18.0 Å². The summed E-state index contributed by atoms with van der Waals surface area (Å²) >= 11 is 0. The van der Waals surface area contributed by atoms with Crippen molar-refractivity contribution >= 4 is 34.1 Å². The lowest BCUT2D eigenvalue weighted by atomic mass is 9.94. The Balaban J connectivity index is 1.94. The van der Waals surface area contributed by atoms with Crippen LogP contribution in [-0.2, 0) is 14.4 Å². The number of fused-ring (bicyclic) bond motifs is 1. The lowest BCUT2D eigenvalue weighted by Gasteiger charge is -2.10. The molecule has 0 fully saturated rings. The van der Waals surface area contributed by atoms with Crippen molar-refractivity contribution in [1.29, 1.82) is 0 Å². The Hall–Kier alpha value is -2.56. The number of aromatic nitrogens is 1. The summed E-state index contributed by atoms with van der Waals surface area (Å²) in [4.78, 5) is 39.1. The van der Waals surface area contributed by atoms with Gasteiger partial charge in [-0.05, 0) is 38.8 Å². The number of pyridine rings is 1. The molecule has 1 N–H and O–H groups in total. The molecular formula is C18H20N2O3. The number of anilines is 1. The van der Waals surface area contributed by atoms with Gasteiger partial charge in [-0.15, -0.1) is 0 Å². The fourth-order valence-electron chi connectivity index (χ4n) is 2.58. The normalized spacial score (nSPS) is 10.7. The van der Waals surface area contributed by atoms with Gasteiger partial charge in [-0.2, -0.15) is 0 Å². The van der Waals surface area contributed by atoms with Crippen molar-refractivity contribution in [3.05, 3.63) is 36.5 Å². The second-order valence-electron chi connectivity index (χ2n) is 5.59. The number of ketones is 2. The van der Waals surface area contributed by atoms with E-state index in [1.807, 2.05) is 24.3 Å². The number of carbonyl (C=O) groups is 3. The van der Waals surface area contributed by atoms with Crippen molar-refractivity contribution in [2.24, 2.45) is 5.92 Å². The fraction of sp³-hybridized carbons (Fsp3) is 0.333. The van der Waals surface area contributed by atoms with E-state index in [4.69, 9.17) is 0 Å². The summed E-state index contributed by atoms with van der Waals surface area (Å²) in [6.07, 6.45) is 2.85. The summed E-state index contributed by atoms with van der Waals surface area (Å²) < 4.78 is 0. The van der Waals surface area contributed by atoms with E-state index in [-0.39, 0.29) is 23.9 Å². The molecule has 2 rings (SSSR count). The maximum Gasteiger partial charge on any atom is 0.224 e. The van der Waals surface area contributed by atoms with Gasteiger partial charge in [0.1, 0.15) is 11.6 Å². The average molecular weight is 312 g/mol. The molecule has 0 saturated heterocycles. The summed E-state index contributed by atoms with van der Waals surface area (Å²) in [6, 6.07) is 9.38. The number of nitrogens with zero attached hydrogens (tertiary/aromatic N) is 1. The van der Waals surface area contributed by atoms with Crippen molar-refractivity contribution in [2.75, 3.05) is 5.32 Å². The second-order valence-corrected chi connectivity index (χ2v) is 5.59. The lowest BCUT2D eigenvalue weighted by Crippen LogP contribution is -2.20. The van der Waals surface area contributed by atoms with E-state index in [0.717, 1.165) is 10.9 Å². The predicted molar refractivity (Wildman–Crippen MR) is 89.1 cm³/mol. The largest absolute Gasteiger partial charge is 0.324 e. The van der Waals surface area contributed by atoms with Gasteiger partial charge in [0.15, 0.2) is 0 Å². The van der Waals surface area contributed by atoms with Gasteiger partial charge in [-0.3, -0.25) is 19.4 Å². The first-order valence-corrected chi connectivity index (χ1v) is 7.63. The predicted octanol–water partition coefficient (Wildman–Crippen LogP) is 3.14. The zero-order valence-corrected chi connectivity index (χ0v) is 13.3. The van der Waals surface area contributed by atoms with Crippen LogP contribution in [0.2, 0.25) is 0 Å². The molecular weight excluding hydrogens is 292 g/mol. The van der Waals surface area contributed by atoms with E-state index in [1.54, 1.807) is 12.3 Å². The first-order valence-electron chi connectivity index (χ1n) is 7.63. The molecule has 0 spiro atoms. The number of hydrogen-bond acceptors (Lipinski definition) is 4. The smallest absolute Gasteiger partial charge is 0.224 e. The van der Waals surface area contributed by atoms with Crippen LogP contribution in [0.3, 0.4) is 0 Å². The highest BCUT2D eigenvalue weighted by Crippen LogP contribution is 2.21. The Labute approximate surface area is 135 Å². The molecule has 0 radical (unpaired) electrons. The topological polar surface area (TPSA) is 76.1 Å². The Morgan fingerprint density at radius 2 is 1.78 bits per heavy atom. The van der Waals surface area contributed by atoms with Crippen molar-refractivity contribution in [3.8, 4) is 0 Å². The van der Waals surface area contributed by atoms with Crippen molar-refractivity contribution < 1.29 is 14.4 Å². The molecule has 1 amide bonds. The highest BCUT2D eigenvalue weighted by Gasteiger charge is 2.19. The standard InChI is InChI=1S/C18H20N2O3/c1-12(21)15(13(2)22)8-4-10-17(23)20-16-9-3-6-14-7-5-11-19-18(14)16/h3,5-7,9,11,15H,4,8,10H2,1-2H3,(H,20,23). The number of nitrogens with one attached hydrogen (secondary N) is 1. The third-order valence-corrected chi connectivity index (χ3v) is 3.78. The zero-order chi connectivity index (χ0) is 16.8. The van der Waals surface area contributed by atoms with Gasteiger partial charge in [-0.25, -0.2) is 0 Å². The number of para-hydroxylation sites is 1. The molecule has 0 aliphatic carbocycles. The Bertz CT molecular complexity index is 721. The van der Waals surface area contributed by atoms with Crippen molar-refractivity contribution in [3.63, 3.8) is 0 Å². The number of rotatable bonds is 7. The number of Topliss-reactive ketones (excluding diaryl/α,β-unsaturated/α-hetero) is 2. The number of amides is 1. The molecule has 0 unspecified atom stereocenters. The summed E-state index contributed by atoms with van der Waals surface area (Å²) in [6.45, 7) is 2.82. The summed E-state index contributed by atoms with van der Waals surface area (Å²) in [5, 5.41) is 3.80. The molecule has 0 aliphatic heterocycles. The minimum atomic E-state index is -0.595. The van der Waals surface area contributed by atoms with Gasteiger partial charge in [0.2, 0.25) is 5.91 Å². The third-order valence-electron chi connectivity index (χ3n) is 3.78. The molecule has 23 heavy (non-hydrogen) atoms. The summed E-state index contributed by atoms with van der Waals surface area (Å²) in [5.41, 5.74) is 1.41. The van der Waals surface area contributed by atoms with Gasteiger partial charge < -0.3 is 5.32 Å². The lowest BCUT2D eigenvalue weighted by molar-refractivity contribution is -0.131. The Kier molecular flexibility index (Phi) is 5.57. The van der Waals surface area contributed by atoms with Crippen LogP contribution in [0, 0.1) is 5.92 Å². The highest BCUT2D eigenvalue weighted by molar-refractivity contribution is 6.01. The third kappa shape index (κ3) is 4.45. The zero-order valence-electron chi connectivity index (χ0n) is 13.3. The second kappa shape index (κ2) is 7.63. The molecule has 5 nitrogen and oxygen atoms in total. The van der Waals surface area contributed by atoms with E-state index in [9.17, 15) is 14.4 Å². The van der Waals surface area contributed by atoms with E-state index < -0.39 is 5.92 Å². The molecule has 2 aromatic rings. The van der Waals surface area contributed by atoms with E-state index >= 15 is 0 Å². The maximum atomic E-state index is 12.1. The van der Waals surface area contributed by atoms with Gasteiger partial charge in [-0.1, -0.05) is 18.2 Å². The van der Waals surface area contributed by atoms with Crippen LogP contribution in [0.1, 0.15) is 33.1 Å². The van der Waals surface area contributed by atoms with Crippen molar-refractivity contribution in [2.45, 2.75) is 33.1 Å². The minimum absolute atomic E-state index is 0.142.